The van der Waals surface area contributed by atoms with Crippen LogP contribution in [-0.4, -0.2) is 32.8 Å². The first-order chi connectivity index (χ1) is 8.21. The van der Waals surface area contributed by atoms with E-state index in [0.29, 0.717) is 0 Å². The number of hydrogen-bond acceptors (Lipinski definition) is 6. The molecular weight excluding hydrogens is 284 g/mol. The van der Waals surface area contributed by atoms with Crippen LogP contribution in [0.25, 0.3) is 0 Å². The largest absolute Gasteiger partial charge is 0.367 e. The quantitative estimate of drug-likeness (QED) is 0.572. The molecule has 0 aliphatic carbocycles. The molecule has 1 fully saturated rings. The van der Waals surface area contributed by atoms with Gasteiger partial charge in [-0.3, -0.25) is 4.55 Å². The van der Waals surface area contributed by atoms with Crippen LogP contribution in [0.1, 0.15) is 12.0 Å². The van der Waals surface area contributed by atoms with Gasteiger partial charge in [-0.25, -0.2) is 4.18 Å². The zero-order valence-corrected chi connectivity index (χ0v) is 10.6. The maximum atomic E-state index is 11.8. The molecule has 7 nitrogen and oxygen atoms in total. The average molecular weight is 294 g/mol. The second-order valence-electron chi connectivity index (χ2n) is 3.80. The van der Waals surface area contributed by atoms with E-state index in [2.05, 4.69) is 4.18 Å². The normalized spacial score (nSPS) is 31.3. The van der Waals surface area contributed by atoms with Crippen molar-refractivity contribution < 1.29 is 30.7 Å². The standard InChI is InChI=1S/C9H10O7S2/c10-8-6-9(17(11,12)13,18(14,15)16-8)7-4-2-1-3-5-7/h1-5,8,10H,6H2,(H,11,12,13). The molecule has 0 saturated carbocycles. The molecule has 2 rings (SSSR count). The van der Waals surface area contributed by atoms with Crippen LogP contribution >= 0.6 is 0 Å². The minimum absolute atomic E-state index is 0.177. The van der Waals surface area contributed by atoms with Crippen molar-refractivity contribution in [1.29, 1.82) is 0 Å². The molecule has 1 aromatic carbocycles. The zero-order valence-electron chi connectivity index (χ0n) is 8.92. The molecule has 1 aliphatic heterocycles. The van der Waals surface area contributed by atoms with E-state index >= 15 is 0 Å². The minimum Gasteiger partial charge on any atom is -0.367 e. The Kier molecular flexibility index (Phi) is 2.98. The molecule has 0 radical (unpaired) electrons. The maximum absolute atomic E-state index is 11.8. The first kappa shape index (κ1) is 13.4. The molecule has 1 heterocycles. The number of rotatable bonds is 2. The molecule has 2 N–H and O–H groups in total. The summed E-state index contributed by atoms with van der Waals surface area (Å²) >= 11 is 0. The lowest BCUT2D eigenvalue weighted by molar-refractivity contribution is 0.000642. The number of aliphatic hydroxyl groups excluding tert-OH is 1. The highest BCUT2D eigenvalue weighted by Gasteiger charge is 2.63. The van der Waals surface area contributed by atoms with Crippen LogP contribution < -0.4 is 0 Å². The van der Waals surface area contributed by atoms with Gasteiger partial charge in [0.25, 0.3) is 24.3 Å². The Morgan fingerprint density at radius 3 is 2.22 bits per heavy atom. The van der Waals surface area contributed by atoms with Crippen LogP contribution in [0, 0.1) is 0 Å². The van der Waals surface area contributed by atoms with Crippen molar-refractivity contribution in [2.45, 2.75) is 16.8 Å². The van der Waals surface area contributed by atoms with Gasteiger partial charge in [0.15, 0.2) is 6.29 Å². The zero-order chi connectivity index (χ0) is 13.6. The van der Waals surface area contributed by atoms with Gasteiger partial charge < -0.3 is 5.11 Å². The number of hydrogen-bond donors (Lipinski definition) is 2. The molecule has 1 saturated heterocycles. The first-order valence-electron chi connectivity index (χ1n) is 4.84. The molecule has 0 aromatic heterocycles. The van der Waals surface area contributed by atoms with Crippen LogP contribution in [0.15, 0.2) is 30.3 Å². The van der Waals surface area contributed by atoms with Crippen molar-refractivity contribution in [3.8, 4) is 0 Å². The molecule has 0 amide bonds. The minimum atomic E-state index is -5.03. The fourth-order valence-corrected chi connectivity index (χ4v) is 5.15. The summed E-state index contributed by atoms with van der Waals surface area (Å²) in [6.45, 7) is 0. The summed E-state index contributed by atoms with van der Waals surface area (Å²) < 4.78 is 57.5. The molecule has 2 unspecified atom stereocenters. The summed E-state index contributed by atoms with van der Waals surface area (Å²) in [5.74, 6) is 0. The lowest BCUT2D eigenvalue weighted by atomic mass is 10.1. The second kappa shape index (κ2) is 4.00. The van der Waals surface area contributed by atoms with E-state index in [4.69, 9.17) is 0 Å². The third-order valence-corrected chi connectivity index (χ3v) is 6.88. The van der Waals surface area contributed by atoms with E-state index < -0.39 is 37.0 Å². The summed E-state index contributed by atoms with van der Waals surface area (Å²) in [6, 6.07) is 6.85. The van der Waals surface area contributed by atoms with E-state index in [0.717, 1.165) is 0 Å². The smallest absolute Gasteiger partial charge is 0.297 e. The van der Waals surface area contributed by atoms with Crippen LogP contribution in [0.3, 0.4) is 0 Å². The first-order valence-corrected chi connectivity index (χ1v) is 7.69. The van der Waals surface area contributed by atoms with Crippen LogP contribution in [0.2, 0.25) is 0 Å². The van der Waals surface area contributed by atoms with Crippen LogP contribution in [0.4, 0.5) is 0 Å². The van der Waals surface area contributed by atoms with Gasteiger partial charge in [0.05, 0.1) is 0 Å². The Morgan fingerprint density at radius 2 is 1.83 bits per heavy atom. The molecule has 18 heavy (non-hydrogen) atoms. The average Bonchev–Trinajstić information content (AvgIpc) is 2.49. The SMILES string of the molecule is O=S(=O)(O)C1(c2ccccc2)CC(O)OS1(=O)=O. The topological polar surface area (TPSA) is 118 Å². The Labute approximate surface area is 104 Å². The summed E-state index contributed by atoms with van der Waals surface area (Å²) in [4.78, 5) is 0. The highest BCUT2D eigenvalue weighted by Crippen LogP contribution is 2.46. The van der Waals surface area contributed by atoms with Gasteiger partial charge in [0.1, 0.15) is 0 Å². The lowest BCUT2D eigenvalue weighted by Crippen LogP contribution is -2.39. The summed E-state index contributed by atoms with van der Waals surface area (Å²) in [5.41, 5.74) is -0.177. The van der Waals surface area contributed by atoms with E-state index in [1.807, 2.05) is 0 Å². The number of benzene rings is 1. The highest BCUT2D eigenvalue weighted by molar-refractivity contribution is 8.05. The van der Waals surface area contributed by atoms with Gasteiger partial charge in [-0.2, -0.15) is 16.8 Å². The van der Waals surface area contributed by atoms with Gasteiger partial charge in [0, 0.05) is 6.42 Å². The molecular formula is C9H10O7S2. The predicted octanol–water partition coefficient (Wildman–Crippen LogP) is -0.204. The highest BCUT2D eigenvalue weighted by atomic mass is 32.3. The van der Waals surface area contributed by atoms with E-state index in [9.17, 15) is 26.5 Å². The summed E-state index contributed by atoms with van der Waals surface area (Å²) in [6.07, 6.45) is -2.59. The third-order valence-electron chi connectivity index (χ3n) is 2.72. The second-order valence-corrected chi connectivity index (χ2v) is 7.51. The Bertz CT molecular complexity index is 649. The van der Waals surface area contributed by atoms with Crippen molar-refractivity contribution in [2.24, 2.45) is 0 Å². The van der Waals surface area contributed by atoms with E-state index in [-0.39, 0.29) is 5.56 Å². The summed E-state index contributed by atoms with van der Waals surface area (Å²) in [5, 5.41) is 9.25. The van der Waals surface area contributed by atoms with Gasteiger partial charge in [0.2, 0.25) is 0 Å². The van der Waals surface area contributed by atoms with Crippen LogP contribution in [0.5, 0.6) is 0 Å². The molecule has 1 aromatic rings. The lowest BCUT2D eigenvalue weighted by Gasteiger charge is -2.22. The Morgan fingerprint density at radius 1 is 1.28 bits per heavy atom. The van der Waals surface area contributed by atoms with Crippen molar-refractivity contribution in [3.63, 3.8) is 0 Å². The Balaban J connectivity index is 2.80. The van der Waals surface area contributed by atoms with Crippen molar-refractivity contribution >= 4 is 20.2 Å². The maximum Gasteiger partial charge on any atom is 0.297 e. The molecule has 0 spiro atoms. The van der Waals surface area contributed by atoms with Crippen molar-refractivity contribution in [2.75, 3.05) is 0 Å². The monoisotopic (exact) mass is 294 g/mol. The molecule has 2 atom stereocenters. The third kappa shape index (κ3) is 1.75. The fraction of sp³-hybridized carbons (Fsp3) is 0.333. The molecule has 100 valence electrons. The number of aliphatic hydroxyl groups is 1. The summed E-state index contributed by atoms with van der Waals surface area (Å²) in [7, 11) is -9.73. The van der Waals surface area contributed by atoms with Gasteiger partial charge >= 0.3 is 0 Å². The predicted molar refractivity (Wildman–Crippen MR) is 60.3 cm³/mol. The van der Waals surface area contributed by atoms with E-state index in [1.165, 1.54) is 24.3 Å². The van der Waals surface area contributed by atoms with E-state index in [1.54, 1.807) is 6.07 Å². The van der Waals surface area contributed by atoms with Gasteiger partial charge in [-0.1, -0.05) is 30.3 Å². The van der Waals surface area contributed by atoms with Gasteiger partial charge in [-0.15, -0.1) is 0 Å². The molecule has 1 aliphatic rings. The van der Waals surface area contributed by atoms with Gasteiger partial charge in [-0.05, 0) is 5.56 Å². The van der Waals surface area contributed by atoms with Crippen molar-refractivity contribution in [3.05, 3.63) is 35.9 Å². The van der Waals surface area contributed by atoms with Crippen molar-refractivity contribution in [1.82, 2.24) is 0 Å². The molecule has 9 heteroatoms. The van der Waals surface area contributed by atoms with Crippen LogP contribution in [-0.2, 0) is 28.5 Å². The molecule has 0 bridgehead atoms. The fourth-order valence-electron chi connectivity index (χ4n) is 1.93. The Hall–Kier alpha value is -1.00.